The number of rotatable bonds is 5. The van der Waals surface area contributed by atoms with Gasteiger partial charge in [0.15, 0.2) is 5.78 Å². The molecule has 98 valence electrons. The van der Waals surface area contributed by atoms with Crippen molar-refractivity contribution in [1.29, 1.82) is 0 Å². The summed E-state index contributed by atoms with van der Waals surface area (Å²) in [6.07, 6.45) is 0.511. The Bertz CT molecular complexity index is 551. The molecule has 0 aliphatic rings. The van der Waals surface area contributed by atoms with E-state index < -0.39 is 0 Å². The van der Waals surface area contributed by atoms with E-state index in [1.807, 2.05) is 24.3 Å². The van der Waals surface area contributed by atoms with Gasteiger partial charge in [0.2, 0.25) is 0 Å². The van der Waals surface area contributed by atoms with Crippen LogP contribution in [0.4, 0.5) is 5.69 Å². The topological polar surface area (TPSA) is 43.1 Å². The molecule has 2 aromatic carbocycles. The first-order valence-corrected chi connectivity index (χ1v) is 7.28. The minimum atomic E-state index is 0.139. The molecule has 4 heteroatoms. The number of carbonyl (C=O) groups is 1. The van der Waals surface area contributed by atoms with Crippen molar-refractivity contribution in [2.45, 2.75) is 11.3 Å². The van der Waals surface area contributed by atoms with Gasteiger partial charge >= 0.3 is 0 Å². The Morgan fingerprint density at radius 2 is 1.68 bits per heavy atom. The van der Waals surface area contributed by atoms with Crippen molar-refractivity contribution in [3.63, 3.8) is 0 Å². The molecule has 0 unspecified atom stereocenters. The Kier molecular flexibility index (Phi) is 4.88. The minimum absolute atomic E-state index is 0.139. The molecule has 0 aliphatic heterocycles. The third-order valence-corrected chi connectivity index (χ3v) is 3.91. The standard InChI is InChI=1S/C15H14ClNOS/c16-12-3-1-11(2-4-12)15(18)9-10-19-14-7-5-13(17)6-8-14/h1-8H,9-10,17H2. The first-order valence-electron chi connectivity index (χ1n) is 5.92. The molecule has 0 heterocycles. The minimum Gasteiger partial charge on any atom is -0.399 e. The molecule has 0 saturated carbocycles. The molecule has 0 spiro atoms. The highest BCUT2D eigenvalue weighted by Crippen LogP contribution is 2.21. The zero-order valence-corrected chi connectivity index (χ0v) is 11.9. The number of ketones is 1. The highest BCUT2D eigenvalue weighted by molar-refractivity contribution is 7.99. The molecular weight excluding hydrogens is 278 g/mol. The van der Waals surface area contributed by atoms with Crippen molar-refractivity contribution in [3.05, 3.63) is 59.1 Å². The van der Waals surface area contributed by atoms with Crippen molar-refractivity contribution in [1.82, 2.24) is 0 Å². The lowest BCUT2D eigenvalue weighted by Gasteiger charge is -2.03. The molecule has 0 saturated heterocycles. The maximum absolute atomic E-state index is 11.9. The Hall–Kier alpha value is -1.45. The van der Waals surface area contributed by atoms with Crippen LogP contribution in [0.3, 0.4) is 0 Å². The second-order valence-electron chi connectivity index (χ2n) is 4.10. The van der Waals surface area contributed by atoms with Crippen molar-refractivity contribution in [2.75, 3.05) is 11.5 Å². The van der Waals surface area contributed by atoms with Gasteiger partial charge in [-0.3, -0.25) is 4.79 Å². The molecule has 2 aromatic rings. The van der Waals surface area contributed by atoms with Gasteiger partial charge in [0.25, 0.3) is 0 Å². The average Bonchev–Trinajstić information content (AvgIpc) is 2.41. The summed E-state index contributed by atoms with van der Waals surface area (Å²) in [5.74, 6) is 0.894. The van der Waals surface area contributed by atoms with Crippen LogP contribution in [0, 0.1) is 0 Å². The Morgan fingerprint density at radius 1 is 1.05 bits per heavy atom. The van der Waals surface area contributed by atoms with E-state index in [4.69, 9.17) is 17.3 Å². The molecule has 0 amide bonds. The Balaban J connectivity index is 1.84. The fraction of sp³-hybridized carbons (Fsp3) is 0.133. The number of hydrogen-bond donors (Lipinski definition) is 1. The maximum Gasteiger partial charge on any atom is 0.163 e. The molecule has 0 fully saturated rings. The quantitative estimate of drug-likeness (QED) is 0.508. The van der Waals surface area contributed by atoms with Gasteiger partial charge in [-0.15, -0.1) is 11.8 Å². The molecule has 2 nitrogen and oxygen atoms in total. The number of nitrogens with two attached hydrogens (primary N) is 1. The van der Waals surface area contributed by atoms with E-state index in [1.54, 1.807) is 36.0 Å². The van der Waals surface area contributed by atoms with Crippen LogP contribution in [-0.4, -0.2) is 11.5 Å². The first-order chi connectivity index (χ1) is 9.15. The fourth-order valence-electron chi connectivity index (χ4n) is 1.61. The lowest BCUT2D eigenvalue weighted by atomic mass is 10.1. The van der Waals surface area contributed by atoms with E-state index in [1.165, 1.54) is 0 Å². The molecule has 0 atom stereocenters. The predicted octanol–water partition coefficient (Wildman–Crippen LogP) is 4.29. The molecule has 2 rings (SSSR count). The SMILES string of the molecule is Nc1ccc(SCCC(=O)c2ccc(Cl)cc2)cc1. The highest BCUT2D eigenvalue weighted by atomic mass is 35.5. The van der Waals surface area contributed by atoms with Crippen LogP contribution in [0.2, 0.25) is 5.02 Å². The van der Waals surface area contributed by atoms with Gasteiger partial charge in [-0.05, 0) is 48.5 Å². The first kappa shape index (κ1) is 14.0. The van der Waals surface area contributed by atoms with E-state index in [9.17, 15) is 4.79 Å². The summed E-state index contributed by atoms with van der Waals surface area (Å²) < 4.78 is 0. The molecule has 0 aliphatic carbocycles. The van der Waals surface area contributed by atoms with E-state index in [0.29, 0.717) is 17.0 Å². The van der Waals surface area contributed by atoms with Crippen LogP contribution in [0.5, 0.6) is 0 Å². The number of thioether (sulfide) groups is 1. The number of anilines is 1. The van der Waals surface area contributed by atoms with E-state index in [-0.39, 0.29) is 5.78 Å². The molecule has 0 bridgehead atoms. The van der Waals surface area contributed by atoms with Gasteiger partial charge in [-0.1, -0.05) is 11.6 Å². The zero-order chi connectivity index (χ0) is 13.7. The lowest BCUT2D eigenvalue weighted by Crippen LogP contribution is -2.00. The van der Waals surface area contributed by atoms with Crippen molar-refractivity contribution in [2.24, 2.45) is 0 Å². The van der Waals surface area contributed by atoms with Crippen LogP contribution >= 0.6 is 23.4 Å². The monoisotopic (exact) mass is 291 g/mol. The van der Waals surface area contributed by atoms with Gasteiger partial charge in [0.1, 0.15) is 0 Å². The van der Waals surface area contributed by atoms with E-state index in [0.717, 1.165) is 16.3 Å². The van der Waals surface area contributed by atoms with Crippen LogP contribution in [0.1, 0.15) is 16.8 Å². The summed E-state index contributed by atoms with van der Waals surface area (Å²) in [5.41, 5.74) is 7.08. The lowest BCUT2D eigenvalue weighted by molar-refractivity contribution is 0.0989. The normalized spacial score (nSPS) is 10.4. The van der Waals surface area contributed by atoms with Crippen molar-refractivity contribution < 1.29 is 4.79 Å². The zero-order valence-electron chi connectivity index (χ0n) is 10.3. The van der Waals surface area contributed by atoms with E-state index in [2.05, 4.69) is 0 Å². The van der Waals surface area contributed by atoms with Gasteiger partial charge < -0.3 is 5.73 Å². The number of nitrogen functional groups attached to an aromatic ring is 1. The molecule has 19 heavy (non-hydrogen) atoms. The number of Topliss-reactive ketones (excluding diaryl/α,β-unsaturated/α-hetero) is 1. The van der Waals surface area contributed by atoms with Gasteiger partial charge in [0, 0.05) is 33.3 Å². The third kappa shape index (κ3) is 4.30. The largest absolute Gasteiger partial charge is 0.399 e. The van der Waals surface area contributed by atoms with Crippen molar-refractivity contribution in [3.8, 4) is 0 Å². The van der Waals surface area contributed by atoms with Gasteiger partial charge in [0.05, 0.1) is 0 Å². The van der Waals surface area contributed by atoms with Gasteiger partial charge in [-0.2, -0.15) is 0 Å². The van der Waals surface area contributed by atoms with Crippen LogP contribution in [-0.2, 0) is 0 Å². The summed E-state index contributed by atoms with van der Waals surface area (Å²) in [6.45, 7) is 0. The Labute approximate surface area is 122 Å². The number of benzene rings is 2. The summed E-state index contributed by atoms with van der Waals surface area (Å²) >= 11 is 7.44. The van der Waals surface area contributed by atoms with Crippen LogP contribution in [0.25, 0.3) is 0 Å². The summed E-state index contributed by atoms with van der Waals surface area (Å²) in [4.78, 5) is 13.0. The highest BCUT2D eigenvalue weighted by Gasteiger charge is 2.05. The smallest absolute Gasteiger partial charge is 0.163 e. The maximum atomic E-state index is 11.9. The third-order valence-electron chi connectivity index (χ3n) is 2.64. The molecule has 0 aromatic heterocycles. The second-order valence-corrected chi connectivity index (χ2v) is 5.70. The molecule has 0 radical (unpaired) electrons. The summed E-state index contributed by atoms with van der Waals surface area (Å²) in [7, 11) is 0. The average molecular weight is 292 g/mol. The number of halogens is 1. The fourth-order valence-corrected chi connectivity index (χ4v) is 2.58. The van der Waals surface area contributed by atoms with Crippen LogP contribution in [0.15, 0.2) is 53.4 Å². The number of carbonyl (C=O) groups excluding carboxylic acids is 1. The molecule has 2 N–H and O–H groups in total. The summed E-state index contributed by atoms with van der Waals surface area (Å²) in [5, 5.41) is 0.646. The van der Waals surface area contributed by atoms with Crippen molar-refractivity contribution >= 4 is 34.8 Å². The van der Waals surface area contributed by atoms with Gasteiger partial charge in [-0.25, -0.2) is 0 Å². The molecular formula is C15H14ClNOS. The van der Waals surface area contributed by atoms with Crippen LogP contribution < -0.4 is 5.73 Å². The second kappa shape index (κ2) is 6.64. The predicted molar refractivity (Wildman–Crippen MR) is 82.0 cm³/mol. The van der Waals surface area contributed by atoms with E-state index >= 15 is 0 Å². The Morgan fingerprint density at radius 3 is 2.32 bits per heavy atom. The summed E-state index contributed by atoms with van der Waals surface area (Å²) in [6, 6.07) is 14.7. The number of hydrogen-bond acceptors (Lipinski definition) is 3.